The second kappa shape index (κ2) is 14.6. The Hall–Kier alpha value is -0.460. The molecule has 3 heterocycles. The van der Waals surface area contributed by atoms with Gasteiger partial charge in [0.05, 0.1) is 45.6 Å². The molecule has 9 heteroatoms. The number of guanidine groups is 1. The summed E-state index contributed by atoms with van der Waals surface area (Å²) in [6.07, 6.45) is 1.15. The van der Waals surface area contributed by atoms with Crippen molar-refractivity contribution in [1.29, 1.82) is 0 Å². The minimum Gasteiger partial charge on any atom is -0.382 e. The summed E-state index contributed by atoms with van der Waals surface area (Å²) in [5, 5.41) is 5.66. The maximum absolute atomic E-state index is 5.74. The number of rotatable bonds is 10. The Kier molecular flexibility index (Phi) is 12.5. The number of hydrogen-bond acceptors (Lipinski definition) is 6. The first kappa shape index (κ1) is 25.8. The third-order valence-corrected chi connectivity index (χ3v) is 6.45. The molecule has 0 spiro atoms. The minimum atomic E-state index is 0. The molecule has 2 aliphatic heterocycles. The lowest BCUT2D eigenvalue weighted by molar-refractivity contribution is 0.0186. The fourth-order valence-corrected chi connectivity index (χ4v) is 4.76. The van der Waals surface area contributed by atoms with Gasteiger partial charge in [0.1, 0.15) is 0 Å². The molecule has 7 nitrogen and oxygen atoms in total. The summed E-state index contributed by atoms with van der Waals surface area (Å²) in [4.78, 5) is 11.4. The number of nitrogens with zero attached hydrogens (tertiary/aromatic N) is 3. The second-order valence-corrected chi connectivity index (χ2v) is 8.52. The van der Waals surface area contributed by atoms with E-state index >= 15 is 0 Å². The van der Waals surface area contributed by atoms with Crippen molar-refractivity contribution in [1.82, 2.24) is 15.1 Å². The van der Waals surface area contributed by atoms with Crippen LogP contribution in [0.5, 0.6) is 0 Å². The van der Waals surface area contributed by atoms with Crippen molar-refractivity contribution in [2.75, 3.05) is 79.4 Å². The summed E-state index contributed by atoms with van der Waals surface area (Å²) >= 11 is 1.82. The highest BCUT2D eigenvalue weighted by atomic mass is 127. The number of methoxy groups -OCH3 is 1. The summed E-state index contributed by atoms with van der Waals surface area (Å²) in [7, 11) is 1.71. The van der Waals surface area contributed by atoms with Gasteiger partial charge in [-0.2, -0.15) is 0 Å². The van der Waals surface area contributed by atoms with Crippen molar-refractivity contribution in [3.8, 4) is 0 Å². The van der Waals surface area contributed by atoms with Crippen LogP contribution in [0.3, 0.4) is 0 Å². The van der Waals surface area contributed by atoms with E-state index in [9.17, 15) is 0 Å². The highest BCUT2D eigenvalue weighted by Crippen LogP contribution is 2.26. The molecule has 0 aromatic carbocycles. The lowest BCUT2D eigenvalue weighted by atomic mass is 10.1. The van der Waals surface area contributed by atoms with Gasteiger partial charge < -0.3 is 24.4 Å². The summed E-state index contributed by atoms with van der Waals surface area (Å²) in [6, 6.07) is 4.69. The normalized spacial score (nSPS) is 21.5. The molecule has 30 heavy (non-hydrogen) atoms. The molecule has 2 aliphatic rings. The van der Waals surface area contributed by atoms with E-state index in [-0.39, 0.29) is 24.0 Å². The van der Waals surface area contributed by atoms with Crippen LogP contribution in [-0.4, -0.2) is 95.2 Å². The molecule has 1 N–H and O–H groups in total. The second-order valence-electron chi connectivity index (χ2n) is 7.54. The predicted octanol–water partition coefficient (Wildman–Crippen LogP) is 2.69. The smallest absolute Gasteiger partial charge is 0.193 e. The fraction of sp³-hybridized carbons (Fsp3) is 0.762. The average molecular weight is 553 g/mol. The number of morpholine rings is 1. The van der Waals surface area contributed by atoms with Crippen molar-refractivity contribution in [2.45, 2.75) is 19.4 Å². The molecular weight excluding hydrogens is 515 g/mol. The molecule has 0 radical (unpaired) electrons. The number of thiophene rings is 1. The zero-order chi connectivity index (χ0) is 20.3. The van der Waals surface area contributed by atoms with Crippen LogP contribution in [0.15, 0.2) is 22.5 Å². The van der Waals surface area contributed by atoms with E-state index in [2.05, 4.69) is 39.6 Å². The summed E-state index contributed by atoms with van der Waals surface area (Å²) in [5.41, 5.74) is 0. The molecule has 2 atom stereocenters. The number of likely N-dealkylation sites (tertiary alicyclic amines) is 1. The van der Waals surface area contributed by atoms with Crippen molar-refractivity contribution >= 4 is 41.3 Å². The third-order valence-electron chi connectivity index (χ3n) is 5.48. The van der Waals surface area contributed by atoms with E-state index in [1.807, 2.05) is 11.3 Å². The zero-order valence-electron chi connectivity index (χ0n) is 18.3. The molecule has 2 unspecified atom stereocenters. The average Bonchev–Trinajstić information content (AvgIpc) is 3.44. The van der Waals surface area contributed by atoms with Gasteiger partial charge in [0.2, 0.25) is 0 Å². The highest BCUT2D eigenvalue weighted by molar-refractivity contribution is 14.0. The first-order valence-electron chi connectivity index (χ1n) is 10.8. The van der Waals surface area contributed by atoms with E-state index in [0.717, 1.165) is 71.5 Å². The molecule has 0 amide bonds. The quantitative estimate of drug-likeness (QED) is 0.209. The van der Waals surface area contributed by atoms with Crippen LogP contribution in [0.4, 0.5) is 0 Å². The topological polar surface area (TPSA) is 58.6 Å². The van der Waals surface area contributed by atoms with E-state index < -0.39 is 0 Å². The van der Waals surface area contributed by atoms with Gasteiger partial charge >= 0.3 is 0 Å². The monoisotopic (exact) mass is 552 g/mol. The Morgan fingerprint density at radius 2 is 2.17 bits per heavy atom. The highest BCUT2D eigenvalue weighted by Gasteiger charge is 2.27. The number of ether oxygens (including phenoxy) is 3. The molecule has 0 saturated carbocycles. The van der Waals surface area contributed by atoms with Gasteiger partial charge in [-0.1, -0.05) is 6.07 Å². The lowest BCUT2D eigenvalue weighted by Gasteiger charge is -2.33. The molecule has 2 fully saturated rings. The van der Waals surface area contributed by atoms with E-state index in [0.29, 0.717) is 25.2 Å². The SMILES string of the molecule is CCNC(=NCC(c1cccs1)N1CCOCC1)N1CCC(COCCOC)C1.I. The molecule has 1 aromatic heterocycles. The zero-order valence-corrected chi connectivity index (χ0v) is 21.4. The Balaban J connectivity index is 0.00000320. The molecule has 172 valence electrons. The summed E-state index contributed by atoms with van der Waals surface area (Å²) < 4.78 is 16.4. The maximum atomic E-state index is 5.74. The van der Waals surface area contributed by atoms with Crippen LogP contribution in [0.2, 0.25) is 0 Å². The third kappa shape index (κ3) is 7.90. The Labute approximate surface area is 202 Å². The standard InChI is InChI=1S/C21H36N4O3S.HI/c1-3-22-21(25-7-6-18(16-25)17-28-13-12-26-2)23-15-19(20-5-4-14-29-20)24-8-10-27-11-9-24;/h4-5,14,18-19H,3,6-13,15-17H2,1-2H3,(H,22,23);1H. The molecular formula is C21H37IN4O3S. The Bertz CT molecular complexity index is 599. The van der Waals surface area contributed by atoms with Crippen LogP contribution in [-0.2, 0) is 14.2 Å². The van der Waals surface area contributed by atoms with Crippen LogP contribution >= 0.6 is 35.3 Å². The minimum absolute atomic E-state index is 0. The van der Waals surface area contributed by atoms with Crippen molar-refractivity contribution < 1.29 is 14.2 Å². The number of halogens is 1. The molecule has 0 aliphatic carbocycles. The van der Waals surface area contributed by atoms with Gasteiger partial charge in [0.25, 0.3) is 0 Å². The molecule has 0 bridgehead atoms. The van der Waals surface area contributed by atoms with Gasteiger partial charge in [-0.3, -0.25) is 9.89 Å². The van der Waals surface area contributed by atoms with Crippen molar-refractivity contribution in [3.05, 3.63) is 22.4 Å². The first-order valence-corrected chi connectivity index (χ1v) is 11.6. The van der Waals surface area contributed by atoms with Gasteiger partial charge in [0, 0.05) is 50.6 Å². The van der Waals surface area contributed by atoms with Gasteiger partial charge in [-0.15, -0.1) is 35.3 Å². The lowest BCUT2D eigenvalue weighted by Crippen LogP contribution is -2.42. The Morgan fingerprint density at radius 1 is 1.33 bits per heavy atom. The summed E-state index contributed by atoms with van der Waals surface area (Å²) in [5.74, 6) is 1.59. The van der Waals surface area contributed by atoms with Crippen molar-refractivity contribution in [3.63, 3.8) is 0 Å². The van der Waals surface area contributed by atoms with Gasteiger partial charge in [-0.25, -0.2) is 0 Å². The number of nitrogens with one attached hydrogen (secondary N) is 1. The molecule has 1 aromatic rings. The van der Waals surface area contributed by atoms with Gasteiger partial charge in [0.15, 0.2) is 5.96 Å². The van der Waals surface area contributed by atoms with Crippen molar-refractivity contribution in [2.24, 2.45) is 10.9 Å². The van der Waals surface area contributed by atoms with Crippen LogP contribution in [0.1, 0.15) is 24.3 Å². The Morgan fingerprint density at radius 3 is 2.87 bits per heavy atom. The van der Waals surface area contributed by atoms with Gasteiger partial charge in [-0.05, 0) is 24.8 Å². The van der Waals surface area contributed by atoms with Crippen LogP contribution in [0.25, 0.3) is 0 Å². The predicted molar refractivity (Wildman–Crippen MR) is 133 cm³/mol. The molecule has 3 rings (SSSR count). The van der Waals surface area contributed by atoms with E-state index in [1.54, 1.807) is 7.11 Å². The van der Waals surface area contributed by atoms with E-state index in [4.69, 9.17) is 19.2 Å². The maximum Gasteiger partial charge on any atom is 0.193 e. The first-order chi connectivity index (χ1) is 14.3. The fourth-order valence-electron chi connectivity index (χ4n) is 3.91. The van der Waals surface area contributed by atoms with Crippen LogP contribution < -0.4 is 5.32 Å². The number of hydrogen-bond donors (Lipinski definition) is 1. The van der Waals surface area contributed by atoms with E-state index in [1.165, 1.54) is 4.88 Å². The molecule has 2 saturated heterocycles. The number of aliphatic imine (C=N–C) groups is 1. The largest absolute Gasteiger partial charge is 0.382 e. The van der Waals surface area contributed by atoms with Crippen LogP contribution in [0, 0.1) is 5.92 Å². The summed E-state index contributed by atoms with van der Waals surface area (Å²) in [6.45, 7) is 11.5.